The molecule has 0 saturated heterocycles. The maximum Gasteiger partial charge on any atom is 0.334 e. The smallest absolute Gasteiger partial charge is 0.334 e. The molecule has 0 aliphatic carbocycles. The normalized spacial score (nSPS) is 10.3. The zero-order chi connectivity index (χ0) is 9.68. The molecule has 1 aromatic heterocycles. The number of nitrogens with one attached hydrogen (secondary N) is 2. The van der Waals surface area contributed by atoms with Crippen LogP contribution in [0.3, 0.4) is 0 Å². The number of urea groups is 1. The lowest BCUT2D eigenvalue weighted by molar-refractivity contribution is 0.243. The third-order valence-electron chi connectivity index (χ3n) is 1.18. The number of hydrogen-bond acceptors (Lipinski definition) is 3. The quantitative estimate of drug-likeness (QED) is 0.558. The molecule has 0 atom stereocenters. The Bertz CT molecular complexity index is 321. The molecule has 1 aromatic rings. The standard InChI is InChI=1S/C7H8ClN3O2/c1-9-7(12)11-10-4-5-2-3-6(8)13-5/h2-4H,1H3,(H2,9,11,12)/b10-4+. The number of furan rings is 1. The molecule has 2 amide bonds. The van der Waals surface area contributed by atoms with Crippen LogP contribution in [0.2, 0.25) is 5.22 Å². The van der Waals surface area contributed by atoms with Crippen LogP contribution in [0.25, 0.3) is 0 Å². The Morgan fingerprint density at radius 1 is 1.69 bits per heavy atom. The molecule has 13 heavy (non-hydrogen) atoms. The maximum atomic E-state index is 10.6. The maximum absolute atomic E-state index is 10.6. The average Bonchev–Trinajstić information content (AvgIpc) is 2.51. The van der Waals surface area contributed by atoms with Crippen molar-refractivity contribution < 1.29 is 9.21 Å². The van der Waals surface area contributed by atoms with Crippen molar-refractivity contribution >= 4 is 23.8 Å². The van der Waals surface area contributed by atoms with Gasteiger partial charge in [-0.2, -0.15) is 5.10 Å². The molecule has 0 bridgehead atoms. The van der Waals surface area contributed by atoms with E-state index in [9.17, 15) is 4.79 Å². The van der Waals surface area contributed by atoms with Gasteiger partial charge in [0, 0.05) is 7.05 Å². The van der Waals surface area contributed by atoms with Crippen molar-refractivity contribution in [1.29, 1.82) is 0 Å². The number of nitrogens with zero attached hydrogens (tertiary/aromatic N) is 1. The number of rotatable bonds is 2. The van der Waals surface area contributed by atoms with Crippen LogP contribution in [0.5, 0.6) is 0 Å². The zero-order valence-electron chi connectivity index (χ0n) is 6.87. The molecule has 1 rings (SSSR count). The summed E-state index contributed by atoms with van der Waals surface area (Å²) in [5.74, 6) is 0.474. The predicted molar refractivity (Wildman–Crippen MR) is 48.9 cm³/mol. The Morgan fingerprint density at radius 2 is 2.46 bits per heavy atom. The third kappa shape index (κ3) is 3.16. The molecule has 0 aromatic carbocycles. The summed E-state index contributed by atoms with van der Waals surface area (Å²) in [6, 6.07) is 2.83. The van der Waals surface area contributed by atoms with Gasteiger partial charge in [0.2, 0.25) is 0 Å². The second kappa shape index (κ2) is 4.51. The van der Waals surface area contributed by atoms with Crippen LogP contribution in [-0.2, 0) is 0 Å². The van der Waals surface area contributed by atoms with Crippen molar-refractivity contribution in [3.05, 3.63) is 23.1 Å². The molecule has 0 aliphatic heterocycles. The van der Waals surface area contributed by atoms with Crippen molar-refractivity contribution in [2.75, 3.05) is 7.05 Å². The van der Waals surface area contributed by atoms with Crippen molar-refractivity contribution in [1.82, 2.24) is 10.7 Å². The van der Waals surface area contributed by atoms with Gasteiger partial charge in [-0.05, 0) is 23.7 Å². The molecular weight excluding hydrogens is 194 g/mol. The van der Waals surface area contributed by atoms with E-state index in [2.05, 4.69) is 15.8 Å². The first kappa shape index (κ1) is 9.60. The van der Waals surface area contributed by atoms with Gasteiger partial charge in [-0.1, -0.05) is 0 Å². The summed E-state index contributed by atoms with van der Waals surface area (Å²) in [5, 5.41) is 6.20. The number of carbonyl (C=O) groups excluding carboxylic acids is 1. The first-order valence-corrected chi connectivity index (χ1v) is 3.86. The fourth-order valence-corrected chi connectivity index (χ4v) is 0.760. The summed E-state index contributed by atoms with van der Waals surface area (Å²) < 4.78 is 4.94. The van der Waals surface area contributed by atoms with Gasteiger partial charge in [-0.15, -0.1) is 0 Å². The lowest BCUT2D eigenvalue weighted by Gasteiger charge is -1.94. The van der Waals surface area contributed by atoms with E-state index in [0.29, 0.717) is 5.76 Å². The van der Waals surface area contributed by atoms with E-state index in [-0.39, 0.29) is 5.22 Å². The van der Waals surface area contributed by atoms with E-state index in [4.69, 9.17) is 16.0 Å². The van der Waals surface area contributed by atoms with Crippen molar-refractivity contribution in [3.63, 3.8) is 0 Å². The average molecular weight is 202 g/mol. The number of amides is 2. The van der Waals surface area contributed by atoms with E-state index in [1.54, 1.807) is 12.1 Å². The molecule has 0 spiro atoms. The summed E-state index contributed by atoms with van der Waals surface area (Å²) in [5.41, 5.74) is 2.21. The molecule has 6 heteroatoms. The largest absolute Gasteiger partial charge is 0.444 e. The number of carbonyl (C=O) groups is 1. The van der Waals surface area contributed by atoms with Crippen LogP contribution in [0.1, 0.15) is 5.76 Å². The van der Waals surface area contributed by atoms with Gasteiger partial charge in [-0.3, -0.25) is 0 Å². The molecule has 70 valence electrons. The van der Waals surface area contributed by atoms with Gasteiger partial charge < -0.3 is 9.73 Å². The van der Waals surface area contributed by atoms with E-state index in [1.165, 1.54) is 13.3 Å². The van der Waals surface area contributed by atoms with Crippen LogP contribution in [-0.4, -0.2) is 19.3 Å². The minimum absolute atomic E-state index is 0.279. The zero-order valence-corrected chi connectivity index (χ0v) is 7.63. The van der Waals surface area contributed by atoms with Crippen LogP contribution in [0.4, 0.5) is 4.79 Å². The number of halogens is 1. The molecular formula is C7H8ClN3O2. The first-order valence-electron chi connectivity index (χ1n) is 3.48. The van der Waals surface area contributed by atoms with Crippen LogP contribution >= 0.6 is 11.6 Å². The summed E-state index contributed by atoms with van der Waals surface area (Å²) in [4.78, 5) is 10.6. The van der Waals surface area contributed by atoms with Crippen molar-refractivity contribution in [3.8, 4) is 0 Å². The third-order valence-corrected chi connectivity index (χ3v) is 1.38. The highest BCUT2D eigenvalue weighted by molar-refractivity contribution is 6.28. The predicted octanol–water partition coefficient (Wildman–Crippen LogP) is 1.20. The Balaban J connectivity index is 2.45. The van der Waals surface area contributed by atoms with Crippen LogP contribution in [0.15, 0.2) is 21.7 Å². The Kier molecular flexibility index (Phi) is 3.33. The summed E-state index contributed by atoms with van der Waals surface area (Å²) in [6.45, 7) is 0. The number of hydrazone groups is 1. The van der Waals surface area contributed by atoms with E-state index < -0.39 is 6.03 Å². The summed E-state index contributed by atoms with van der Waals surface area (Å²) >= 11 is 5.50. The van der Waals surface area contributed by atoms with Crippen LogP contribution in [0, 0.1) is 0 Å². The first-order chi connectivity index (χ1) is 6.22. The molecule has 5 nitrogen and oxygen atoms in total. The Labute approximate surface area is 79.8 Å². The van der Waals surface area contributed by atoms with Gasteiger partial charge in [0.05, 0.1) is 6.21 Å². The highest BCUT2D eigenvalue weighted by atomic mass is 35.5. The molecule has 0 saturated carbocycles. The van der Waals surface area contributed by atoms with Gasteiger partial charge in [0.1, 0.15) is 5.76 Å². The van der Waals surface area contributed by atoms with Crippen molar-refractivity contribution in [2.45, 2.75) is 0 Å². The van der Waals surface area contributed by atoms with E-state index in [0.717, 1.165) is 0 Å². The minimum atomic E-state index is -0.395. The second-order valence-electron chi connectivity index (χ2n) is 2.09. The fraction of sp³-hybridized carbons (Fsp3) is 0.143. The topological polar surface area (TPSA) is 66.6 Å². The Morgan fingerprint density at radius 3 is 3.00 bits per heavy atom. The summed E-state index contributed by atoms with van der Waals surface area (Å²) in [7, 11) is 1.49. The molecule has 1 heterocycles. The lowest BCUT2D eigenvalue weighted by atomic mass is 10.5. The van der Waals surface area contributed by atoms with E-state index in [1.807, 2.05) is 0 Å². The minimum Gasteiger partial charge on any atom is -0.444 e. The van der Waals surface area contributed by atoms with E-state index >= 15 is 0 Å². The molecule has 0 fully saturated rings. The highest BCUT2D eigenvalue weighted by Crippen LogP contribution is 2.10. The molecule has 2 N–H and O–H groups in total. The summed E-state index contributed by atoms with van der Waals surface area (Å²) in [6.07, 6.45) is 1.35. The molecule has 0 radical (unpaired) electrons. The monoisotopic (exact) mass is 201 g/mol. The van der Waals surface area contributed by atoms with Gasteiger partial charge in [0.25, 0.3) is 0 Å². The lowest BCUT2D eigenvalue weighted by Crippen LogP contribution is -2.28. The van der Waals surface area contributed by atoms with Gasteiger partial charge >= 0.3 is 6.03 Å². The highest BCUT2D eigenvalue weighted by Gasteiger charge is 1.95. The van der Waals surface area contributed by atoms with Gasteiger partial charge in [0.15, 0.2) is 5.22 Å². The fourth-order valence-electron chi connectivity index (χ4n) is 0.608. The van der Waals surface area contributed by atoms with Gasteiger partial charge in [-0.25, -0.2) is 10.2 Å². The van der Waals surface area contributed by atoms with Crippen molar-refractivity contribution in [2.24, 2.45) is 5.10 Å². The molecule has 0 unspecified atom stereocenters. The van der Waals surface area contributed by atoms with Crippen LogP contribution < -0.4 is 10.7 Å². The SMILES string of the molecule is CNC(=O)N/N=C/c1ccc(Cl)o1. The second-order valence-corrected chi connectivity index (χ2v) is 2.46. The molecule has 0 aliphatic rings. The Hall–Kier alpha value is -1.49. The number of hydrogen-bond donors (Lipinski definition) is 2.